The first-order valence-corrected chi connectivity index (χ1v) is 8.80. The lowest BCUT2D eigenvalue weighted by molar-refractivity contribution is -0.120. The van der Waals surface area contributed by atoms with Crippen LogP contribution in [0.1, 0.15) is 17.5 Å². The van der Waals surface area contributed by atoms with Gasteiger partial charge in [0.1, 0.15) is 0 Å². The maximum Gasteiger partial charge on any atom is 0.231 e. The normalized spacial score (nSPS) is 14.7. The number of nitrogens with one attached hydrogen (secondary N) is 1. The molecule has 2 aromatic rings. The van der Waals surface area contributed by atoms with Gasteiger partial charge in [0.05, 0.1) is 24.7 Å². The summed E-state index contributed by atoms with van der Waals surface area (Å²) in [5.74, 6) is 2.46. The Bertz CT molecular complexity index is 839. The van der Waals surface area contributed by atoms with Crippen molar-refractivity contribution in [3.05, 3.63) is 46.5 Å². The standard InChI is InChI=1S/C19H18ClNO5/c20-14-6-13(8-17-19(14)24-5-1-4-23-17)9-18(22)21-10-12-2-3-15-16(7-12)26-11-25-15/h2-3,6-8H,1,4-5,9-11H2,(H,21,22). The van der Waals surface area contributed by atoms with E-state index in [9.17, 15) is 4.79 Å². The second-order valence-electron chi connectivity index (χ2n) is 6.10. The van der Waals surface area contributed by atoms with Gasteiger partial charge in [-0.25, -0.2) is 0 Å². The monoisotopic (exact) mass is 375 g/mol. The van der Waals surface area contributed by atoms with Gasteiger partial charge in [-0.2, -0.15) is 0 Å². The maximum atomic E-state index is 12.3. The fourth-order valence-corrected chi connectivity index (χ4v) is 3.17. The van der Waals surface area contributed by atoms with Crippen LogP contribution in [-0.2, 0) is 17.8 Å². The van der Waals surface area contributed by atoms with Crippen molar-refractivity contribution in [2.24, 2.45) is 0 Å². The Labute approximate surface area is 156 Å². The number of fused-ring (bicyclic) bond motifs is 2. The van der Waals surface area contributed by atoms with Crippen molar-refractivity contribution in [3.63, 3.8) is 0 Å². The molecule has 0 atom stereocenters. The highest BCUT2D eigenvalue weighted by Crippen LogP contribution is 2.38. The van der Waals surface area contributed by atoms with Gasteiger partial charge in [-0.3, -0.25) is 4.79 Å². The fourth-order valence-electron chi connectivity index (χ4n) is 2.89. The smallest absolute Gasteiger partial charge is 0.231 e. The lowest BCUT2D eigenvalue weighted by atomic mass is 10.1. The molecule has 2 heterocycles. The molecule has 0 unspecified atom stereocenters. The van der Waals surface area contributed by atoms with E-state index in [0.29, 0.717) is 42.0 Å². The van der Waals surface area contributed by atoms with Crippen molar-refractivity contribution in [1.29, 1.82) is 0 Å². The van der Waals surface area contributed by atoms with E-state index in [0.717, 1.165) is 23.3 Å². The molecule has 6 nitrogen and oxygen atoms in total. The summed E-state index contributed by atoms with van der Waals surface area (Å²) in [6.45, 7) is 1.79. The molecule has 2 aromatic carbocycles. The second kappa shape index (κ2) is 7.33. The fraction of sp³-hybridized carbons (Fsp3) is 0.316. The van der Waals surface area contributed by atoms with E-state index in [-0.39, 0.29) is 19.1 Å². The van der Waals surface area contributed by atoms with Crippen LogP contribution >= 0.6 is 11.6 Å². The minimum Gasteiger partial charge on any atom is -0.489 e. The molecule has 0 saturated heterocycles. The molecule has 1 amide bonds. The number of rotatable bonds is 4. The Morgan fingerprint density at radius 2 is 1.77 bits per heavy atom. The van der Waals surface area contributed by atoms with Crippen LogP contribution in [0.5, 0.6) is 23.0 Å². The van der Waals surface area contributed by atoms with Crippen molar-refractivity contribution in [1.82, 2.24) is 5.32 Å². The molecule has 0 aliphatic carbocycles. The highest BCUT2D eigenvalue weighted by atomic mass is 35.5. The Kier molecular flexibility index (Phi) is 4.75. The second-order valence-corrected chi connectivity index (χ2v) is 6.50. The summed E-state index contributed by atoms with van der Waals surface area (Å²) in [6, 6.07) is 9.17. The minimum absolute atomic E-state index is 0.103. The lowest BCUT2D eigenvalue weighted by Crippen LogP contribution is -2.24. The molecule has 136 valence electrons. The molecule has 0 spiro atoms. The predicted molar refractivity (Wildman–Crippen MR) is 95.2 cm³/mol. The van der Waals surface area contributed by atoms with Gasteiger partial charge in [0.2, 0.25) is 12.7 Å². The van der Waals surface area contributed by atoms with Gasteiger partial charge in [-0.15, -0.1) is 0 Å². The first-order chi connectivity index (χ1) is 12.7. The number of hydrogen-bond donors (Lipinski definition) is 1. The lowest BCUT2D eigenvalue weighted by Gasteiger charge is -2.12. The Hall–Kier alpha value is -2.60. The van der Waals surface area contributed by atoms with Crippen LogP contribution in [0.4, 0.5) is 0 Å². The molecular weight excluding hydrogens is 358 g/mol. The van der Waals surface area contributed by atoms with E-state index in [1.165, 1.54) is 0 Å². The van der Waals surface area contributed by atoms with E-state index in [2.05, 4.69) is 5.32 Å². The van der Waals surface area contributed by atoms with Gasteiger partial charge in [0, 0.05) is 13.0 Å². The molecular formula is C19H18ClNO5. The zero-order chi connectivity index (χ0) is 17.9. The molecule has 0 bridgehead atoms. The number of ether oxygens (including phenoxy) is 4. The predicted octanol–water partition coefficient (Wildman–Crippen LogP) is 3.09. The molecule has 2 aliphatic heterocycles. The summed E-state index contributed by atoms with van der Waals surface area (Å²) in [4.78, 5) is 12.3. The van der Waals surface area contributed by atoms with Crippen LogP contribution in [0.3, 0.4) is 0 Å². The zero-order valence-electron chi connectivity index (χ0n) is 14.0. The number of carbonyl (C=O) groups excluding carboxylic acids is 1. The van der Waals surface area contributed by atoms with Crippen molar-refractivity contribution in [2.75, 3.05) is 20.0 Å². The van der Waals surface area contributed by atoms with E-state index in [1.807, 2.05) is 24.3 Å². The SMILES string of the molecule is O=C(Cc1cc(Cl)c2c(c1)OCCCO2)NCc1ccc2c(c1)OCO2. The Morgan fingerprint density at radius 3 is 2.69 bits per heavy atom. The molecule has 0 fully saturated rings. The summed E-state index contributed by atoms with van der Waals surface area (Å²) in [5, 5.41) is 3.36. The molecule has 0 aromatic heterocycles. The Balaban J connectivity index is 1.39. The molecule has 0 radical (unpaired) electrons. The number of halogens is 1. The molecule has 0 saturated carbocycles. The van der Waals surface area contributed by atoms with Crippen LogP contribution in [0, 0.1) is 0 Å². The van der Waals surface area contributed by atoms with Crippen LogP contribution in [-0.4, -0.2) is 25.9 Å². The van der Waals surface area contributed by atoms with Gasteiger partial charge in [0.25, 0.3) is 0 Å². The quantitative estimate of drug-likeness (QED) is 0.889. The minimum atomic E-state index is -0.103. The van der Waals surface area contributed by atoms with Crippen molar-refractivity contribution in [3.8, 4) is 23.0 Å². The average Bonchev–Trinajstić information content (AvgIpc) is 2.96. The van der Waals surface area contributed by atoms with Crippen molar-refractivity contribution in [2.45, 2.75) is 19.4 Å². The van der Waals surface area contributed by atoms with E-state index < -0.39 is 0 Å². The van der Waals surface area contributed by atoms with Crippen LogP contribution in [0.15, 0.2) is 30.3 Å². The summed E-state index contributed by atoms with van der Waals surface area (Å²) >= 11 is 6.27. The van der Waals surface area contributed by atoms with Crippen LogP contribution < -0.4 is 24.3 Å². The van der Waals surface area contributed by atoms with Crippen molar-refractivity contribution >= 4 is 17.5 Å². The highest BCUT2D eigenvalue weighted by Gasteiger charge is 2.17. The molecule has 7 heteroatoms. The maximum absolute atomic E-state index is 12.3. The van der Waals surface area contributed by atoms with Crippen LogP contribution in [0.25, 0.3) is 0 Å². The molecule has 26 heavy (non-hydrogen) atoms. The number of amides is 1. The van der Waals surface area contributed by atoms with Gasteiger partial charge in [-0.05, 0) is 35.4 Å². The van der Waals surface area contributed by atoms with Gasteiger partial charge in [-0.1, -0.05) is 17.7 Å². The molecule has 1 N–H and O–H groups in total. The van der Waals surface area contributed by atoms with E-state index in [1.54, 1.807) is 6.07 Å². The van der Waals surface area contributed by atoms with Crippen molar-refractivity contribution < 1.29 is 23.7 Å². The Morgan fingerprint density at radius 1 is 0.962 bits per heavy atom. The van der Waals surface area contributed by atoms with E-state index in [4.69, 9.17) is 30.5 Å². The summed E-state index contributed by atoms with van der Waals surface area (Å²) in [5.41, 5.74) is 1.72. The van der Waals surface area contributed by atoms with Crippen LogP contribution in [0.2, 0.25) is 5.02 Å². The number of hydrogen-bond acceptors (Lipinski definition) is 5. The highest BCUT2D eigenvalue weighted by molar-refractivity contribution is 6.32. The summed E-state index contributed by atoms with van der Waals surface area (Å²) < 4.78 is 21.9. The third-order valence-electron chi connectivity index (χ3n) is 4.15. The summed E-state index contributed by atoms with van der Waals surface area (Å²) in [7, 11) is 0. The molecule has 2 aliphatic rings. The first kappa shape index (κ1) is 16.8. The number of benzene rings is 2. The molecule has 4 rings (SSSR count). The largest absolute Gasteiger partial charge is 0.489 e. The summed E-state index contributed by atoms with van der Waals surface area (Å²) in [6.07, 6.45) is 1.01. The zero-order valence-corrected chi connectivity index (χ0v) is 14.8. The first-order valence-electron chi connectivity index (χ1n) is 8.42. The van der Waals surface area contributed by atoms with Gasteiger partial charge in [0.15, 0.2) is 23.0 Å². The number of carbonyl (C=O) groups is 1. The topological polar surface area (TPSA) is 66.0 Å². The third kappa shape index (κ3) is 3.65. The third-order valence-corrected chi connectivity index (χ3v) is 4.43. The van der Waals surface area contributed by atoms with Gasteiger partial charge >= 0.3 is 0 Å². The van der Waals surface area contributed by atoms with E-state index >= 15 is 0 Å². The average molecular weight is 376 g/mol. The van der Waals surface area contributed by atoms with Gasteiger partial charge < -0.3 is 24.3 Å².